The molecule has 0 radical (unpaired) electrons. The molecule has 9 nitrogen and oxygen atoms in total. The van der Waals surface area contributed by atoms with Crippen molar-refractivity contribution in [2.45, 2.75) is 69.9 Å². The highest BCUT2D eigenvalue weighted by Crippen LogP contribution is 2.26. The highest BCUT2D eigenvalue weighted by atomic mass is 19.4. The van der Waals surface area contributed by atoms with Crippen molar-refractivity contribution in [1.82, 2.24) is 10.2 Å². The molecule has 0 aliphatic carbocycles. The van der Waals surface area contributed by atoms with E-state index in [1.54, 1.807) is 30.3 Å². The molecule has 2 rings (SSSR count). The van der Waals surface area contributed by atoms with Gasteiger partial charge in [-0.3, -0.25) is 19.7 Å². The summed E-state index contributed by atoms with van der Waals surface area (Å²) >= 11 is 0. The first-order valence-electron chi connectivity index (χ1n) is 10.5. The molecule has 1 unspecified atom stereocenters. The van der Waals surface area contributed by atoms with E-state index in [0.717, 1.165) is 5.56 Å². The topological polar surface area (TPSA) is 122 Å². The Bertz CT molecular complexity index is 900. The average molecular weight is 488 g/mol. The minimum atomic E-state index is -5.05. The average Bonchev–Trinajstić information content (AvgIpc) is 3.05. The molecule has 1 aliphatic rings. The van der Waals surface area contributed by atoms with E-state index in [4.69, 9.17) is 9.47 Å². The van der Waals surface area contributed by atoms with Crippen molar-refractivity contribution < 1.29 is 46.9 Å². The monoisotopic (exact) mass is 488 g/mol. The Hall–Kier alpha value is -3.15. The van der Waals surface area contributed by atoms with Crippen molar-refractivity contribution in [3.63, 3.8) is 0 Å². The minimum absolute atomic E-state index is 0.179. The van der Waals surface area contributed by atoms with Crippen molar-refractivity contribution in [2.75, 3.05) is 6.61 Å². The molecule has 2 N–H and O–H groups in total. The van der Waals surface area contributed by atoms with Gasteiger partial charge in [-0.2, -0.15) is 13.2 Å². The fourth-order valence-electron chi connectivity index (χ4n) is 3.35. The first-order valence-corrected chi connectivity index (χ1v) is 10.5. The molecule has 34 heavy (non-hydrogen) atoms. The van der Waals surface area contributed by atoms with E-state index in [9.17, 15) is 37.5 Å². The van der Waals surface area contributed by atoms with Gasteiger partial charge in [0.1, 0.15) is 24.3 Å². The molecule has 0 aromatic heterocycles. The molecular weight excluding hydrogens is 461 g/mol. The molecule has 1 saturated heterocycles. The largest absolute Gasteiger partial charge is 0.480 e. The van der Waals surface area contributed by atoms with Gasteiger partial charge in [0.15, 0.2) is 0 Å². The number of benzene rings is 1. The van der Waals surface area contributed by atoms with E-state index in [1.807, 2.05) is 5.32 Å². The Morgan fingerprint density at radius 1 is 1.18 bits per heavy atom. The number of hydrogen-bond donors (Lipinski definition) is 2. The van der Waals surface area contributed by atoms with Gasteiger partial charge < -0.3 is 14.6 Å². The lowest BCUT2D eigenvalue weighted by molar-refractivity contribution is -0.171. The minimum Gasteiger partial charge on any atom is -0.480 e. The summed E-state index contributed by atoms with van der Waals surface area (Å²) in [5.41, 5.74) is -0.221. The van der Waals surface area contributed by atoms with Crippen LogP contribution in [0.15, 0.2) is 30.3 Å². The number of carboxylic acid groups (broad SMARTS) is 1. The number of alkyl halides is 3. The predicted octanol–water partition coefficient (Wildman–Crippen LogP) is 2.67. The predicted molar refractivity (Wildman–Crippen MR) is 112 cm³/mol. The second-order valence-electron chi connectivity index (χ2n) is 8.83. The maximum Gasteiger partial charge on any atom is 0.416 e. The SMILES string of the molecule is CC(C)(C)OC(=O)C[C@H](NC(CC(=O)N1C(=O)OC[C@@H]1Cc1ccccc1)C(F)(F)F)C(=O)O. The number of nitrogens with one attached hydrogen (secondary N) is 1. The lowest BCUT2D eigenvalue weighted by atomic mass is 10.0. The van der Waals surface area contributed by atoms with Gasteiger partial charge in [-0.1, -0.05) is 30.3 Å². The molecule has 0 spiro atoms. The van der Waals surface area contributed by atoms with E-state index < -0.39 is 66.7 Å². The smallest absolute Gasteiger partial charge is 0.416 e. The number of amides is 2. The summed E-state index contributed by atoms with van der Waals surface area (Å²) in [6.45, 7) is 4.38. The summed E-state index contributed by atoms with van der Waals surface area (Å²) in [5, 5.41) is 11.1. The third kappa shape index (κ3) is 8.01. The maximum absolute atomic E-state index is 13.7. The second-order valence-corrected chi connectivity index (χ2v) is 8.83. The van der Waals surface area contributed by atoms with Crippen molar-refractivity contribution in [3.05, 3.63) is 35.9 Å². The summed E-state index contributed by atoms with van der Waals surface area (Å²) < 4.78 is 50.9. The Balaban J connectivity index is 2.14. The summed E-state index contributed by atoms with van der Waals surface area (Å²) in [7, 11) is 0. The lowest BCUT2D eigenvalue weighted by Gasteiger charge is -2.28. The molecule has 2 amide bonds. The van der Waals surface area contributed by atoms with Crippen LogP contribution in [0, 0.1) is 0 Å². The van der Waals surface area contributed by atoms with Crippen LogP contribution in [0.3, 0.4) is 0 Å². The Morgan fingerprint density at radius 2 is 1.79 bits per heavy atom. The van der Waals surface area contributed by atoms with Crippen molar-refractivity contribution >= 4 is 23.9 Å². The fraction of sp³-hybridized carbons (Fsp3) is 0.545. The van der Waals surface area contributed by atoms with Crippen LogP contribution in [0.2, 0.25) is 0 Å². The van der Waals surface area contributed by atoms with Gasteiger partial charge in [0.25, 0.3) is 0 Å². The Morgan fingerprint density at radius 3 is 2.32 bits per heavy atom. The number of rotatable bonds is 9. The standard InChI is InChI=1S/C22H27F3N2O7/c1-21(2,3)34-18(29)10-15(19(30)31)26-16(22(23,24)25)11-17(28)27-14(12-33-20(27)32)9-13-7-5-4-6-8-13/h4-8,14-16,26H,9-12H2,1-3H3,(H,30,31)/t14-,15-,16?/m0/s1. The van der Waals surface area contributed by atoms with Crippen molar-refractivity contribution in [3.8, 4) is 0 Å². The van der Waals surface area contributed by atoms with E-state index in [-0.39, 0.29) is 13.0 Å². The second kappa shape index (κ2) is 10.9. The molecule has 0 saturated carbocycles. The number of aliphatic carboxylic acids is 1. The van der Waals surface area contributed by atoms with Crippen LogP contribution < -0.4 is 5.32 Å². The zero-order valence-corrected chi connectivity index (χ0v) is 18.9. The molecule has 12 heteroatoms. The van der Waals surface area contributed by atoms with Gasteiger partial charge in [0, 0.05) is 0 Å². The number of carbonyl (C=O) groups excluding carboxylic acids is 3. The van der Waals surface area contributed by atoms with E-state index in [0.29, 0.717) is 4.90 Å². The molecule has 1 aromatic carbocycles. The summed E-state index contributed by atoms with van der Waals surface area (Å²) in [6, 6.07) is 3.29. The first kappa shape index (κ1) is 27.1. The van der Waals surface area contributed by atoms with Gasteiger partial charge in [-0.05, 0) is 32.8 Å². The van der Waals surface area contributed by atoms with Gasteiger partial charge in [-0.15, -0.1) is 0 Å². The first-order chi connectivity index (χ1) is 15.7. The number of ether oxygens (including phenoxy) is 2. The number of carboxylic acids is 1. The lowest BCUT2D eigenvalue weighted by Crippen LogP contribution is -2.54. The van der Waals surface area contributed by atoms with Crippen molar-refractivity contribution in [2.24, 2.45) is 0 Å². The van der Waals surface area contributed by atoms with Gasteiger partial charge in [-0.25, -0.2) is 9.69 Å². The van der Waals surface area contributed by atoms with Crippen LogP contribution in [0.4, 0.5) is 18.0 Å². The molecule has 3 atom stereocenters. The summed E-state index contributed by atoms with van der Waals surface area (Å²) in [5.74, 6) is -3.93. The molecule has 188 valence electrons. The van der Waals surface area contributed by atoms with E-state index in [2.05, 4.69) is 0 Å². The zero-order valence-electron chi connectivity index (χ0n) is 18.9. The normalized spacial score (nSPS) is 18.2. The number of esters is 1. The number of imide groups is 1. The molecule has 0 bridgehead atoms. The number of nitrogens with zero attached hydrogens (tertiary/aromatic N) is 1. The molecule has 1 fully saturated rings. The summed E-state index contributed by atoms with van der Waals surface area (Å²) in [6.07, 6.45) is -8.10. The molecule has 1 heterocycles. The quantitative estimate of drug-likeness (QED) is 0.509. The number of halogens is 3. The van der Waals surface area contributed by atoms with Crippen LogP contribution in [-0.2, 0) is 30.3 Å². The van der Waals surface area contributed by atoms with Crippen LogP contribution in [-0.4, -0.2) is 70.5 Å². The number of hydrogen-bond acceptors (Lipinski definition) is 7. The van der Waals surface area contributed by atoms with Gasteiger partial charge in [0.2, 0.25) is 5.91 Å². The van der Waals surface area contributed by atoms with Crippen molar-refractivity contribution in [1.29, 1.82) is 0 Å². The Labute approximate surface area is 194 Å². The third-order valence-corrected chi connectivity index (χ3v) is 4.81. The van der Waals surface area contributed by atoms with Crippen LogP contribution in [0.5, 0.6) is 0 Å². The van der Waals surface area contributed by atoms with E-state index >= 15 is 0 Å². The van der Waals surface area contributed by atoms with Gasteiger partial charge >= 0.3 is 24.2 Å². The Kier molecular flexibility index (Phi) is 8.65. The number of cyclic esters (lactones) is 1. The highest BCUT2D eigenvalue weighted by Gasteiger charge is 2.46. The summed E-state index contributed by atoms with van der Waals surface area (Å²) in [4.78, 5) is 48.9. The third-order valence-electron chi connectivity index (χ3n) is 4.81. The van der Waals surface area contributed by atoms with Crippen LogP contribution >= 0.6 is 0 Å². The van der Waals surface area contributed by atoms with E-state index in [1.165, 1.54) is 20.8 Å². The fourth-order valence-corrected chi connectivity index (χ4v) is 3.35. The number of carbonyl (C=O) groups is 4. The van der Waals surface area contributed by atoms with Crippen LogP contribution in [0.1, 0.15) is 39.2 Å². The zero-order chi connectivity index (χ0) is 25.7. The molecule has 1 aliphatic heterocycles. The highest BCUT2D eigenvalue weighted by molar-refractivity contribution is 5.94. The van der Waals surface area contributed by atoms with Crippen LogP contribution in [0.25, 0.3) is 0 Å². The maximum atomic E-state index is 13.7. The molecular formula is C22H27F3N2O7. The molecule has 1 aromatic rings. The van der Waals surface area contributed by atoms with Gasteiger partial charge in [0.05, 0.1) is 18.9 Å².